The van der Waals surface area contributed by atoms with Gasteiger partial charge in [0.05, 0.1) is 11.1 Å². The van der Waals surface area contributed by atoms with Gasteiger partial charge in [-0.05, 0) is 52.9 Å². The van der Waals surface area contributed by atoms with E-state index in [4.69, 9.17) is 0 Å². The van der Waals surface area contributed by atoms with E-state index in [2.05, 4.69) is 28.7 Å². The number of phenolic OH excluding ortho intramolecular Hbond substituents is 1. The molecule has 1 heterocycles. The first-order chi connectivity index (χ1) is 9.22. The molecule has 4 heteroatoms. The Morgan fingerprint density at radius 1 is 1.05 bits per heavy atom. The molecule has 0 aliphatic heterocycles. The van der Waals surface area contributed by atoms with Crippen LogP contribution < -0.4 is 0 Å². The molecule has 0 aliphatic rings. The fourth-order valence-electron chi connectivity index (χ4n) is 2.17. The summed E-state index contributed by atoms with van der Waals surface area (Å²) in [7, 11) is 0. The fourth-order valence-corrected chi connectivity index (χ4v) is 3.12. The Bertz CT molecular complexity index is 797. The summed E-state index contributed by atoms with van der Waals surface area (Å²) >= 11 is 2.18. The third-order valence-corrected chi connectivity index (χ3v) is 4.06. The maximum atomic E-state index is 9.37. The van der Waals surface area contributed by atoms with Crippen LogP contribution in [0.1, 0.15) is 5.56 Å². The molecule has 0 aliphatic carbocycles. The highest BCUT2D eigenvalue weighted by Crippen LogP contribution is 2.30. The van der Waals surface area contributed by atoms with Crippen LogP contribution in [0.2, 0.25) is 0 Å². The average Bonchev–Trinajstić information content (AvgIpc) is 2.71. The van der Waals surface area contributed by atoms with Crippen molar-refractivity contribution in [3.8, 4) is 17.5 Å². The normalized spacial score (nSPS) is 10.5. The second-order valence-electron chi connectivity index (χ2n) is 4.15. The number of phenols is 1. The summed E-state index contributed by atoms with van der Waals surface area (Å²) in [5.41, 5.74) is 2.61. The lowest BCUT2D eigenvalue weighted by Crippen LogP contribution is -1.96. The van der Waals surface area contributed by atoms with Crippen LogP contribution in [0.15, 0.2) is 48.5 Å². The highest BCUT2D eigenvalue weighted by Gasteiger charge is 2.15. The van der Waals surface area contributed by atoms with E-state index in [1.807, 2.05) is 41.0 Å². The predicted octanol–water partition coefficient (Wildman–Crippen LogP) is 3.81. The summed E-state index contributed by atoms with van der Waals surface area (Å²) in [6.45, 7) is 0. The molecule has 0 fully saturated rings. The van der Waals surface area contributed by atoms with E-state index in [9.17, 15) is 10.4 Å². The van der Waals surface area contributed by atoms with Gasteiger partial charge in [0, 0.05) is 11.1 Å². The van der Waals surface area contributed by atoms with Crippen LogP contribution in [-0.2, 0) is 0 Å². The molecule has 1 N–H and O–H groups in total. The molecule has 0 spiro atoms. The maximum absolute atomic E-state index is 9.37. The molecule has 0 radical (unpaired) electrons. The highest BCUT2D eigenvalue weighted by atomic mass is 127. The molecule has 0 saturated carbocycles. The predicted molar refractivity (Wildman–Crippen MR) is 82.4 cm³/mol. The standard InChI is InChI=1S/C15H9IN2O/c16-15-13(9-17)12-3-1-2-4-14(12)18(15)10-5-7-11(19)8-6-10/h1-8,19H. The number of aromatic nitrogens is 1. The average molecular weight is 360 g/mol. The van der Waals surface area contributed by atoms with Crippen LogP contribution in [0.25, 0.3) is 16.6 Å². The molecule has 0 amide bonds. The number of nitriles is 1. The lowest BCUT2D eigenvalue weighted by molar-refractivity contribution is 0.475. The van der Waals surface area contributed by atoms with Crippen molar-refractivity contribution in [3.63, 3.8) is 0 Å². The number of aromatic hydroxyl groups is 1. The summed E-state index contributed by atoms with van der Waals surface area (Å²) in [5.74, 6) is 0.232. The molecular weight excluding hydrogens is 351 g/mol. The van der Waals surface area contributed by atoms with Crippen molar-refractivity contribution >= 4 is 33.5 Å². The Morgan fingerprint density at radius 3 is 2.42 bits per heavy atom. The number of halogens is 1. The number of benzene rings is 2. The molecule has 92 valence electrons. The van der Waals surface area contributed by atoms with Crippen molar-refractivity contribution in [2.75, 3.05) is 0 Å². The zero-order valence-corrected chi connectivity index (χ0v) is 12.0. The molecule has 0 saturated heterocycles. The molecule has 0 unspecified atom stereocenters. The van der Waals surface area contributed by atoms with Gasteiger partial charge in [-0.15, -0.1) is 0 Å². The Kier molecular flexibility index (Phi) is 2.91. The van der Waals surface area contributed by atoms with Crippen LogP contribution in [0.3, 0.4) is 0 Å². The van der Waals surface area contributed by atoms with Gasteiger partial charge in [0.1, 0.15) is 15.5 Å². The van der Waals surface area contributed by atoms with E-state index >= 15 is 0 Å². The molecule has 1 aromatic heterocycles. The fraction of sp³-hybridized carbons (Fsp3) is 0. The van der Waals surface area contributed by atoms with E-state index < -0.39 is 0 Å². The first-order valence-electron chi connectivity index (χ1n) is 5.71. The summed E-state index contributed by atoms with van der Waals surface area (Å²) < 4.78 is 2.90. The largest absolute Gasteiger partial charge is 0.508 e. The van der Waals surface area contributed by atoms with Gasteiger partial charge in [0.2, 0.25) is 0 Å². The SMILES string of the molecule is N#Cc1c(I)n(-c2ccc(O)cc2)c2ccccc12. The van der Waals surface area contributed by atoms with Crippen molar-refractivity contribution in [3.05, 3.63) is 57.8 Å². The van der Waals surface area contributed by atoms with Crippen LogP contribution >= 0.6 is 22.6 Å². The van der Waals surface area contributed by atoms with Gasteiger partial charge in [-0.2, -0.15) is 5.26 Å². The lowest BCUT2D eigenvalue weighted by atomic mass is 10.2. The monoisotopic (exact) mass is 360 g/mol. The Morgan fingerprint density at radius 2 is 1.74 bits per heavy atom. The van der Waals surface area contributed by atoms with Gasteiger partial charge in [0.25, 0.3) is 0 Å². The smallest absolute Gasteiger partial charge is 0.115 e. The van der Waals surface area contributed by atoms with Crippen LogP contribution in [0, 0.1) is 15.0 Å². The quantitative estimate of drug-likeness (QED) is 0.671. The number of para-hydroxylation sites is 1. The van der Waals surface area contributed by atoms with E-state index in [-0.39, 0.29) is 5.75 Å². The van der Waals surface area contributed by atoms with Gasteiger partial charge in [-0.25, -0.2) is 0 Å². The number of rotatable bonds is 1. The van der Waals surface area contributed by atoms with E-state index in [1.54, 1.807) is 12.1 Å². The summed E-state index contributed by atoms with van der Waals surface area (Å²) in [4.78, 5) is 0. The molecular formula is C15H9IN2O. The minimum absolute atomic E-state index is 0.232. The Balaban J connectivity index is 2.38. The van der Waals surface area contributed by atoms with Crippen LogP contribution in [0.4, 0.5) is 0 Å². The topological polar surface area (TPSA) is 49.0 Å². The van der Waals surface area contributed by atoms with Crippen molar-refractivity contribution < 1.29 is 5.11 Å². The van der Waals surface area contributed by atoms with Gasteiger partial charge in [-0.1, -0.05) is 18.2 Å². The van der Waals surface area contributed by atoms with Gasteiger partial charge < -0.3 is 9.67 Å². The molecule has 2 aromatic carbocycles. The highest BCUT2D eigenvalue weighted by molar-refractivity contribution is 14.1. The van der Waals surface area contributed by atoms with Crippen LogP contribution in [-0.4, -0.2) is 9.67 Å². The lowest BCUT2D eigenvalue weighted by Gasteiger charge is -2.07. The number of nitrogens with zero attached hydrogens (tertiary/aromatic N) is 2. The third-order valence-electron chi connectivity index (χ3n) is 3.04. The minimum atomic E-state index is 0.232. The second-order valence-corrected chi connectivity index (χ2v) is 5.17. The zero-order chi connectivity index (χ0) is 13.4. The molecule has 0 atom stereocenters. The Hall–Kier alpha value is -2.00. The second kappa shape index (κ2) is 4.59. The first-order valence-corrected chi connectivity index (χ1v) is 6.78. The van der Waals surface area contributed by atoms with Crippen molar-refractivity contribution in [1.29, 1.82) is 5.26 Å². The van der Waals surface area contributed by atoms with Crippen molar-refractivity contribution in [1.82, 2.24) is 4.57 Å². The molecule has 19 heavy (non-hydrogen) atoms. The summed E-state index contributed by atoms with van der Waals surface area (Å²) in [6, 6.07) is 17.1. The van der Waals surface area contributed by atoms with Gasteiger partial charge >= 0.3 is 0 Å². The Labute approximate surface area is 123 Å². The zero-order valence-electron chi connectivity index (χ0n) is 9.84. The van der Waals surface area contributed by atoms with E-state index in [0.717, 1.165) is 20.3 Å². The van der Waals surface area contributed by atoms with Crippen LogP contribution in [0.5, 0.6) is 5.75 Å². The summed E-state index contributed by atoms with van der Waals surface area (Å²) in [5, 5.41) is 19.6. The van der Waals surface area contributed by atoms with Gasteiger partial charge in [0.15, 0.2) is 0 Å². The van der Waals surface area contributed by atoms with E-state index in [1.165, 1.54) is 0 Å². The molecule has 0 bridgehead atoms. The number of hydrogen-bond acceptors (Lipinski definition) is 2. The van der Waals surface area contributed by atoms with E-state index in [0.29, 0.717) is 5.56 Å². The van der Waals surface area contributed by atoms with Crippen molar-refractivity contribution in [2.24, 2.45) is 0 Å². The maximum Gasteiger partial charge on any atom is 0.115 e. The minimum Gasteiger partial charge on any atom is -0.508 e. The molecule has 3 aromatic rings. The number of hydrogen-bond donors (Lipinski definition) is 1. The first kappa shape index (κ1) is 12.1. The van der Waals surface area contributed by atoms with Crippen molar-refractivity contribution in [2.45, 2.75) is 0 Å². The molecule has 3 nitrogen and oxygen atoms in total. The third kappa shape index (κ3) is 1.87. The molecule has 3 rings (SSSR count). The van der Waals surface area contributed by atoms with Gasteiger partial charge in [-0.3, -0.25) is 0 Å². The summed E-state index contributed by atoms with van der Waals surface area (Å²) in [6.07, 6.45) is 0. The number of fused-ring (bicyclic) bond motifs is 1.